The lowest BCUT2D eigenvalue weighted by atomic mass is 9.91. The number of carbonyl (C=O) groups excluding carboxylic acids is 1. The van der Waals surface area contributed by atoms with Crippen LogP contribution in [0.2, 0.25) is 0 Å². The van der Waals surface area contributed by atoms with Crippen LogP contribution in [0.3, 0.4) is 0 Å². The van der Waals surface area contributed by atoms with Gasteiger partial charge in [-0.3, -0.25) is 9.69 Å². The van der Waals surface area contributed by atoms with E-state index in [4.69, 9.17) is 9.84 Å². The molecule has 1 aromatic carbocycles. The molecule has 3 N–H and O–H groups in total. The fourth-order valence-electron chi connectivity index (χ4n) is 3.42. The van der Waals surface area contributed by atoms with E-state index in [1.165, 1.54) is 0 Å². The Kier molecular flexibility index (Phi) is 7.40. The molecule has 1 heterocycles. The fourth-order valence-corrected chi connectivity index (χ4v) is 3.42. The normalized spacial score (nSPS) is 21.7. The molecule has 0 unspecified atom stereocenters. The van der Waals surface area contributed by atoms with Crippen LogP contribution >= 0.6 is 0 Å². The van der Waals surface area contributed by atoms with E-state index in [-0.39, 0.29) is 18.6 Å². The highest BCUT2D eigenvalue weighted by molar-refractivity contribution is 5.76. The van der Waals surface area contributed by atoms with Gasteiger partial charge in [0.2, 0.25) is 0 Å². The molecular formula is C21H33NO5. The zero-order chi connectivity index (χ0) is 20.2. The lowest BCUT2D eigenvalue weighted by Crippen LogP contribution is -2.45. The van der Waals surface area contributed by atoms with E-state index in [9.17, 15) is 15.0 Å². The summed E-state index contributed by atoms with van der Waals surface area (Å²) in [7, 11) is 0. The molecule has 0 saturated carbocycles. The Morgan fingerprint density at radius 3 is 2.44 bits per heavy atom. The molecule has 0 aromatic heterocycles. The number of carbonyl (C=O) groups is 1. The molecule has 4 atom stereocenters. The number of β-amino-alcohol motifs (C(OH)–C–C–N with tert-alkyl or cyclic N) is 1. The molecule has 1 fully saturated rings. The number of ether oxygens (including phenoxy) is 1. The van der Waals surface area contributed by atoms with Gasteiger partial charge in [-0.05, 0) is 51.3 Å². The number of aliphatic hydroxyl groups excluding tert-OH is 3. The van der Waals surface area contributed by atoms with Crippen LogP contribution in [0.4, 0.5) is 0 Å². The molecule has 1 aromatic rings. The molecule has 0 bridgehead atoms. The van der Waals surface area contributed by atoms with E-state index >= 15 is 0 Å². The molecule has 2 rings (SSSR count). The summed E-state index contributed by atoms with van der Waals surface area (Å²) in [6, 6.07) is 6.71. The molecule has 27 heavy (non-hydrogen) atoms. The first-order valence-corrected chi connectivity index (χ1v) is 9.65. The average Bonchev–Trinajstić information content (AvgIpc) is 3.07. The number of likely N-dealkylation sites (tertiary alicyclic amines) is 1. The summed E-state index contributed by atoms with van der Waals surface area (Å²) in [5.41, 5.74) is 0.939. The Labute approximate surface area is 161 Å². The van der Waals surface area contributed by atoms with Crippen LogP contribution in [0.1, 0.15) is 57.8 Å². The SMILES string of the molecule is C[C@@H]([C@H](O)c1ccc(CO)cc1)[C@@H](O)CN1CCC[C@H]1C(=O)OC(C)(C)C. The Hall–Kier alpha value is -1.47. The number of hydrogen-bond acceptors (Lipinski definition) is 6. The van der Waals surface area contributed by atoms with Crippen molar-refractivity contribution in [3.8, 4) is 0 Å². The molecule has 1 saturated heterocycles. The number of esters is 1. The molecule has 0 spiro atoms. The molecule has 0 aliphatic carbocycles. The van der Waals surface area contributed by atoms with Gasteiger partial charge in [0.1, 0.15) is 11.6 Å². The van der Waals surface area contributed by atoms with Crippen LogP contribution in [-0.2, 0) is 16.1 Å². The molecule has 1 aliphatic rings. The first kappa shape index (κ1) is 21.8. The van der Waals surface area contributed by atoms with Crippen molar-refractivity contribution in [1.82, 2.24) is 4.90 Å². The molecule has 1 aliphatic heterocycles. The minimum atomic E-state index is -0.824. The topological polar surface area (TPSA) is 90.2 Å². The summed E-state index contributed by atoms with van der Waals surface area (Å²) in [4.78, 5) is 14.4. The van der Waals surface area contributed by atoms with Gasteiger partial charge in [-0.15, -0.1) is 0 Å². The predicted molar refractivity (Wildman–Crippen MR) is 103 cm³/mol. The zero-order valence-corrected chi connectivity index (χ0v) is 16.8. The van der Waals surface area contributed by atoms with E-state index in [2.05, 4.69) is 0 Å². The van der Waals surface area contributed by atoms with Crippen LogP contribution < -0.4 is 0 Å². The second-order valence-corrected chi connectivity index (χ2v) is 8.46. The smallest absolute Gasteiger partial charge is 0.323 e. The van der Waals surface area contributed by atoms with Crippen LogP contribution in [0.25, 0.3) is 0 Å². The summed E-state index contributed by atoms with van der Waals surface area (Å²) < 4.78 is 5.50. The Morgan fingerprint density at radius 1 is 1.26 bits per heavy atom. The van der Waals surface area contributed by atoms with E-state index in [1.807, 2.05) is 25.7 Å². The Morgan fingerprint density at radius 2 is 1.89 bits per heavy atom. The molecule has 6 nitrogen and oxygen atoms in total. The highest BCUT2D eigenvalue weighted by Crippen LogP contribution is 2.28. The summed E-state index contributed by atoms with van der Waals surface area (Å²) in [6.45, 7) is 8.34. The Bertz CT molecular complexity index is 610. The molecule has 0 radical (unpaired) electrons. The van der Waals surface area contributed by atoms with E-state index in [0.717, 1.165) is 24.9 Å². The average molecular weight is 379 g/mol. The number of aliphatic hydroxyl groups is 3. The van der Waals surface area contributed by atoms with Crippen LogP contribution in [0, 0.1) is 5.92 Å². The van der Waals surface area contributed by atoms with Gasteiger partial charge in [0, 0.05) is 12.5 Å². The standard InChI is InChI=1S/C21H33NO5/c1-14(19(25)16-9-7-15(13-23)8-10-16)18(24)12-22-11-5-6-17(22)20(26)27-21(2,3)4/h7-10,14,17-19,23-25H,5-6,11-13H2,1-4H3/t14-,17+,18+,19+/m1/s1. The molecule has 152 valence electrons. The fraction of sp³-hybridized carbons (Fsp3) is 0.667. The summed E-state index contributed by atoms with van der Waals surface area (Å²) in [5, 5.41) is 30.4. The number of rotatable bonds is 7. The third-order valence-corrected chi connectivity index (χ3v) is 5.07. The van der Waals surface area contributed by atoms with E-state index in [0.29, 0.717) is 12.1 Å². The van der Waals surface area contributed by atoms with Crippen molar-refractivity contribution in [2.24, 2.45) is 5.92 Å². The van der Waals surface area contributed by atoms with Gasteiger partial charge >= 0.3 is 5.97 Å². The summed E-state index contributed by atoms with van der Waals surface area (Å²) in [5.74, 6) is -0.648. The van der Waals surface area contributed by atoms with Crippen LogP contribution in [0.15, 0.2) is 24.3 Å². The Balaban J connectivity index is 1.97. The second kappa shape index (κ2) is 9.15. The van der Waals surface area contributed by atoms with Gasteiger partial charge < -0.3 is 20.1 Å². The molecule has 0 amide bonds. The van der Waals surface area contributed by atoms with Crippen molar-refractivity contribution in [1.29, 1.82) is 0 Å². The third-order valence-electron chi connectivity index (χ3n) is 5.07. The highest BCUT2D eigenvalue weighted by atomic mass is 16.6. The summed E-state index contributed by atoms with van der Waals surface area (Å²) >= 11 is 0. The minimum absolute atomic E-state index is 0.0461. The van der Waals surface area contributed by atoms with Gasteiger partial charge in [-0.2, -0.15) is 0 Å². The first-order chi connectivity index (χ1) is 12.6. The van der Waals surface area contributed by atoms with Gasteiger partial charge in [0.15, 0.2) is 0 Å². The molecular weight excluding hydrogens is 346 g/mol. The second-order valence-electron chi connectivity index (χ2n) is 8.46. The number of benzene rings is 1. The maximum absolute atomic E-state index is 12.4. The number of nitrogens with zero attached hydrogens (tertiary/aromatic N) is 1. The monoisotopic (exact) mass is 379 g/mol. The van der Waals surface area contributed by atoms with Crippen molar-refractivity contribution in [2.75, 3.05) is 13.1 Å². The van der Waals surface area contributed by atoms with Crippen LogP contribution in [0.5, 0.6) is 0 Å². The third kappa shape index (κ3) is 6.01. The molecule has 6 heteroatoms. The zero-order valence-electron chi connectivity index (χ0n) is 16.8. The van der Waals surface area contributed by atoms with Gasteiger partial charge in [0.05, 0.1) is 18.8 Å². The van der Waals surface area contributed by atoms with Crippen molar-refractivity contribution < 1.29 is 24.9 Å². The van der Waals surface area contributed by atoms with Gasteiger partial charge in [-0.1, -0.05) is 31.2 Å². The van der Waals surface area contributed by atoms with Gasteiger partial charge in [0.25, 0.3) is 0 Å². The quantitative estimate of drug-likeness (QED) is 0.628. The predicted octanol–water partition coefficient (Wildman–Crippen LogP) is 2.02. The van der Waals surface area contributed by atoms with Crippen molar-refractivity contribution in [3.63, 3.8) is 0 Å². The lowest BCUT2D eigenvalue weighted by molar-refractivity contribution is -0.160. The van der Waals surface area contributed by atoms with Crippen LogP contribution in [-0.4, -0.2) is 57.0 Å². The van der Waals surface area contributed by atoms with Crippen molar-refractivity contribution >= 4 is 5.97 Å². The van der Waals surface area contributed by atoms with E-state index < -0.39 is 23.7 Å². The number of hydrogen-bond donors (Lipinski definition) is 3. The first-order valence-electron chi connectivity index (χ1n) is 9.65. The lowest BCUT2D eigenvalue weighted by Gasteiger charge is -2.31. The van der Waals surface area contributed by atoms with Crippen molar-refractivity contribution in [2.45, 2.75) is 71.0 Å². The minimum Gasteiger partial charge on any atom is -0.459 e. The highest BCUT2D eigenvalue weighted by Gasteiger charge is 2.36. The maximum Gasteiger partial charge on any atom is 0.323 e. The maximum atomic E-state index is 12.4. The van der Waals surface area contributed by atoms with Gasteiger partial charge in [-0.25, -0.2) is 0 Å². The van der Waals surface area contributed by atoms with Crippen molar-refractivity contribution in [3.05, 3.63) is 35.4 Å². The summed E-state index contributed by atoms with van der Waals surface area (Å²) in [6.07, 6.45) is 0.00747. The largest absolute Gasteiger partial charge is 0.459 e. The van der Waals surface area contributed by atoms with E-state index in [1.54, 1.807) is 31.2 Å².